The lowest BCUT2D eigenvalue weighted by atomic mass is 9.64. The Balaban J connectivity index is 1.60. The van der Waals surface area contributed by atoms with Crippen LogP contribution in [0.4, 0.5) is 4.79 Å². The van der Waals surface area contributed by atoms with Crippen LogP contribution in [0.3, 0.4) is 0 Å². The summed E-state index contributed by atoms with van der Waals surface area (Å²) in [5.41, 5.74) is -0.995. The molecule has 0 bridgehead atoms. The van der Waals surface area contributed by atoms with Crippen molar-refractivity contribution in [1.29, 1.82) is 0 Å². The zero-order chi connectivity index (χ0) is 20.5. The van der Waals surface area contributed by atoms with E-state index in [-0.39, 0.29) is 23.8 Å². The number of nitrogens with one attached hydrogen (secondary N) is 1. The topological polar surface area (TPSA) is 115 Å². The molecule has 1 N–H and O–H groups in total. The highest BCUT2D eigenvalue weighted by molar-refractivity contribution is 6.08. The van der Waals surface area contributed by atoms with Crippen LogP contribution >= 0.6 is 0 Å². The number of aromatic nitrogens is 2. The van der Waals surface area contributed by atoms with Crippen LogP contribution < -0.4 is 5.32 Å². The van der Waals surface area contributed by atoms with Crippen LogP contribution in [0.1, 0.15) is 65.1 Å². The number of esters is 1. The molecule has 1 spiro atoms. The molecule has 154 valence electrons. The van der Waals surface area contributed by atoms with Gasteiger partial charge in [0.1, 0.15) is 12.1 Å². The van der Waals surface area contributed by atoms with Gasteiger partial charge in [-0.3, -0.25) is 14.5 Å². The number of rotatable bonds is 6. The molecule has 2 heterocycles. The molecule has 28 heavy (non-hydrogen) atoms. The van der Waals surface area contributed by atoms with E-state index < -0.39 is 24.1 Å². The van der Waals surface area contributed by atoms with Gasteiger partial charge in [0.15, 0.2) is 12.4 Å². The molecule has 1 aliphatic carbocycles. The zero-order valence-electron chi connectivity index (χ0n) is 16.9. The number of aryl methyl sites for hydroxylation is 1. The number of carbonyl (C=O) groups is 3. The Morgan fingerprint density at radius 1 is 1.36 bits per heavy atom. The summed E-state index contributed by atoms with van der Waals surface area (Å²) in [6, 6.07) is -0.546. The van der Waals surface area contributed by atoms with E-state index in [1.807, 2.05) is 6.92 Å². The Hall–Kier alpha value is -2.45. The molecule has 2 aliphatic rings. The lowest BCUT2D eigenvalue weighted by molar-refractivity contribution is -0.150. The summed E-state index contributed by atoms with van der Waals surface area (Å²) < 4.78 is 10.1. The predicted molar refractivity (Wildman–Crippen MR) is 97.9 cm³/mol. The first kappa shape index (κ1) is 20.3. The average molecular weight is 392 g/mol. The van der Waals surface area contributed by atoms with E-state index in [2.05, 4.69) is 36.2 Å². The first-order valence-electron chi connectivity index (χ1n) is 9.75. The fourth-order valence-corrected chi connectivity index (χ4v) is 4.64. The Bertz CT molecular complexity index is 774. The highest BCUT2D eigenvalue weighted by Crippen LogP contribution is 2.46. The van der Waals surface area contributed by atoms with E-state index >= 15 is 0 Å². The maximum Gasteiger partial charge on any atom is 0.326 e. The van der Waals surface area contributed by atoms with Gasteiger partial charge in [-0.05, 0) is 37.0 Å². The van der Waals surface area contributed by atoms with Gasteiger partial charge < -0.3 is 14.6 Å². The van der Waals surface area contributed by atoms with E-state index in [9.17, 15) is 14.4 Å². The predicted octanol–water partition coefficient (Wildman–Crippen LogP) is 2.20. The molecule has 9 nitrogen and oxygen atoms in total. The minimum atomic E-state index is -0.930. The molecule has 1 saturated carbocycles. The van der Waals surface area contributed by atoms with Crippen LogP contribution in [0.25, 0.3) is 0 Å². The summed E-state index contributed by atoms with van der Waals surface area (Å²) in [5.74, 6) is -0.00213. The molecular weight excluding hydrogens is 364 g/mol. The fourth-order valence-electron chi connectivity index (χ4n) is 4.64. The minimum absolute atomic E-state index is 0.0642. The molecule has 2 atom stereocenters. The Morgan fingerprint density at radius 2 is 2.11 bits per heavy atom. The standard InChI is InChI=1S/C19H28N4O5/c1-5-6-13-20-14(28-22-13)10-27-15(24)9-23-16(25)19(21-17(23)26)8-12(2)7-18(3,4)11-19/h12H,5-11H2,1-4H3,(H,21,26). The second kappa shape index (κ2) is 7.52. The third-order valence-corrected chi connectivity index (χ3v) is 5.25. The second-order valence-electron chi connectivity index (χ2n) is 8.77. The van der Waals surface area contributed by atoms with E-state index in [1.54, 1.807) is 0 Å². The number of imide groups is 1. The van der Waals surface area contributed by atoms with Crippen molar-refractivity contribution in [3.05, 3.63) is 11.7 Å². The molecule has 1 saturated heterocycles. The summed E-state index contributed by atoms with van der Waals surface area (Å²) >= 11 is 0. The van der Waals surface area contributed by atoms with Crippen LogP contribution in [0.15, 0.2) is 4.52 Å². The van der Waals surface area contributed by atoms with Crippen molar-refractivity contribution in [3.8, 4) is 0 Å². The third-order valence-electron chi connectivity index (χ3n) is 5.25. The van der Waals surface area contributed by atoms with Gasteiger partial charge in [-0.15, -0.1) is 0 Å². The lowest BCUT2D eigenvalue weighted by Crippen LogP contribution is -2.54. The highest BCUT2D eigenvalue weighted by atomic mass is 16.6. The molecule has 2 unspecified atom stereocenters. The van der Waals surface area contributed by atoms with E-state index in [1.165, 1.54) is 0 Å². The first-order valence-corrected chi connectivity index (χ1v) is 9.75. The van der Waals surface area contributed by atoms with Crippen molar-refractivity contribution in [2.45, 2.75) is 71.9 Å². The van der Waals surface area contributed by atoms with Crippen LogP contribution in [-0.4, -0.2) is 45.0 Å². The van der Waals surface area contributed by atoms with Gasteiger partial charge in [0.2, 0.25) is 0 Å². The van der Waals surface area contributed by atoms with Crippen LogP contribution in [0.5, 0.6) is 0 Å². The van der Waals surface area contributed by atoms with Gasteiger partial charge in [-0.25, -0.2) is 4.79 Å². The van der Waals surface area contributed by atoms with E-state index in [0.29, 0.717) is 31.0 Å². The molecule has 3 amide bonds. The van der Waals surface area contributed by atoms with Gasteiger partial charge in [0.05, 0.1) is 0 Å². The van der Waals surface area contributed by atoms with Gasteiger partial charge in [0.25, 0.3) is 11.8 Å². The normalized spacial score (nSPS) is 26.6. The van der Waals surface area contributed by atoms with Crippen molar-refractivity contribution in [2.24, 2.45) is 11.3 Å². The Labute approximate surface area is 164 Å². The maximum atomic E-state index is 13.0. The van der Waals surface area contributed by atoms with Crippen LogP contribution in [0.2, 0.25) is 0 Å². The van der Waals surface area contributed by atoms with Crippen molar-refractivity contribution in [2.75, 3.05) is 6.54 Å². The molecule has 9 heteroatoms. The number of amides is 3. The van der Waals surface area contributed by atoms with Gasteiger partial charge in [0, 0.05) is 6.42 Å². The summed E-state index contributed by atoms with van der Waals surface area (Å²) in [6.45, 7) is 7.65. The summed E-state index contributed by atoms with van der Waals surface area (Å²) in [6.07, 6.45) is 3.68. The molecule has 2 fully saturated rings. The average Bonchev–Trinajstić information content (AvgIpc) is 3.10. The molecular formula is C19H28N4O5. The van der Waals surface area contributed by atoms with E-state index in [0.717, 1.165) is 17.7 Å². The second-order valence-corrected chi connectivity index (χ2v) is 8.77. The van der Waals surface area contributed by atoms with E-state index in [4.69, 9.17) is 9.26 Å². The molecule has 1 aromatic heterocycles. The largest absolute Gasteiger partial charge is 0.454 e. The van der Waals surface area contributed by atoms with Gasteiger partial charge >= 0.3 is 12.0 Å². The number of ether oxygens (including phenoxy) is 1. The van der Waals surface area contributed by atoms with Gasteiger partial charge in [-0.2, -0.15) is 4.98 Å². The summed E-state index contributed by atoms with van der Waals surface area (Å²) in [5, 5.41) is 6.62. The van der Waals surface area contributed by atoms with Crippen molar-refractivity contribution < 1.29 is 23.6 Å². The number of hydrogen-bond acceptors (Lipinski definition) is 7. The number of hydrogen-bond donors (Lipinski definition) is 1. The molecule has 3 rings (SSSR count). The van der Waals surface area contributed by atoms with Crippen LogP contribution in [0, 0.1) is 11.3 Å². The quantitative estimate of drug-likeness (QED) is 0.583. The summed E-state index contributed by atoms with van der Waals surface area (Å²) in [7, 11) is 0. The Morgan fingerprint density at radius 3 is 2.79 bits per heavy atom. The molecule has 1 aliphatic heterocycles. The van der Waals surface area contributed by atoms with Crippen molar-refractivity contribution >= 4 is 17.9 Å². The fraction of sp³-hybridized carbons (Fsp3) is 0.737. The maximum absolute atomic E-state index is 13.0. The smallest absolute Gasteiger partial charge is 0.326 e. The Kier molecular flexibility index (Phi) is 5.45. The lowest BCUT2D eigenvalue weighted by Gasteiger charge is -2.43. The SMILES string of the molecule is CCCc1noc(COC(=O)CN2C(=O)NC3(CC(C)CC(C)(C)C3)C2=O)n1. The molecule has 1 aromatic rings. The van der Waals surface area contributed by atoms with Crippen LogP contribution in [-0.2, 0) is 27.4 Å². The highest BCUT2D eigenvalue weighted by Gasteiger charge is 2.56. The van der Waals surface area contributed by atoms with Gasteiger partial charge in [-0.1, -0.05) is 32.9 Å². The van der Waals surface area contributed by atoms with Crippen molar-refractivity contribution in [1.82, 2.24) is 20.4 Å². The zero-order valence-corrected chi connectivity index (χ0v) is 16.9. The number of nitrogens with zero attached hydrogens (tertiary/aromatic N) is 3. The minimum Gasteiger partial charge on any atom is -0.454 e. The molecule has 0 aromatic carbocycles. The summed E-state index contributed by atoms with van der Waals surface area (Å²) in [4.78, 5) is 42.6. The monoisotopic (exact) mass is 392 g/mol. The first-order chi connectivity index (χ1) is 13.1. The number of carbonyl (C=O) groups excluding carboxylic acids is 3. The third kappa shape index (κ3) is 4.18. The molecule has 0 radical (unpaired) electrons. The number of urea groups is 1. The van der Waals surface area contributed by atoms with Crippen molar-refractivity contribution in [3.63, 3.8) is 0 Å².